The quantitative estimate of drug-likeness (QED) is 0.642. The average molecular weight is 351 g/mol. The van der Waals surface area contributed by atoms with Crippen molar-refractivity contribution in [1.29, 1.82) is 0 Å². The van der Waals surface area contributed by atoms with E-state index in [1.807, 2.05) is 12.1 Å². The van der Waals surface area contributed by atoms with Gasteiger partial charge in [-0.25, -0.2) is 4.39 Å². The smallest absolute Gasteiger partial charge is 0.198 e. The number of nitrogens with one attached hydrogen (secondary N) is 1. The largest absolute Gasteiger partial charge is 0.494 e. The van der Waals surface area contributed by atoms with Crippen molar-refractivity contribution in [1.82, 2.24) is 4.98 Å². The number of nitrogens with zero attached hydrogens (tertiary/aromatic N) is 2. The topological polar surface area (TPSA) is 51.6 Å². The third kappa shape index (κ3) is 3.43. The minimum absolute atomic E-state index is 0.00413. The Morgan fingerprint density at radius 2 is 1.73 bits per heavy atom. The van der Waals surface area contributed by atoms with Crippen LogP contribution in [0, 0.1) is 5.82 Å². The zero-order valence-electron chi connectivity index (χ0n) is 14.6. The highest BCUT2D eigenvalue weighted by molar-refractivity contribution is 6.02. The van der Waals surface area contributed by atoms with Crippen molar-refractivity contribution in [3.05, 3.63) is 53.8 Å². The van der Waals surface area contributed by atoms with Gasteiger partial charge in [-0.1, -0.05) is 12.8 Å². The molecule has 134 valence electrons. The van der Waals surface area contributed by atoms with Gasteiger partial charge in [0.2, 0.25) is 0 Å². The number of rotatable bonds is 3. The molecule has 0 bridgehead atoms. The van der Waals surface area contributed by atoms with Crippen molar-refractivity contribution in [2.45, 2.75) is 25.7 Å². The lowest BCUT2D eigenvalue weighted by molar-refractivity contribution is 0.457. The molecule has 2 N–H and O–H groups in total. The summed E-state index contributed by atoms with van der Waals surface area (Å²) in [7, 11) is 0. The molecule has 5 heteroatoms. The van der Waals surface area contributed by atoms with Gasteiger partial charge >= 0.3 is 0 Å². The summed E-state index contributed by atoms with van der Waals surface area (Å²) in [5.74, 6) is -0.344. The molecule has 1 fully saturated rings. The van der Waals surface area contributed by atoms with Gasteiger partial charge in [-0.05, 0) is 55.3 Å². The first-order valence-electron chi connectivity index (χ1n) is 9.10. The maximum atomic E-state index is 13.5. The van der Waals surface area contributed by atoms with Crippen LogP contribution < -0.4 is 4.90 Å². The number of aromatic hydroxyl groups is 1. The Morgan fingerprint density at radius 3 is 2.46 bits per heavy atom. The number of aromatic nitrogens is 1. The number of halogens is 1. The number of anilines is 1. The Bertz CT molecular complexity index is 922. The van der Waals surface area contributed by atoms with Gasteiger partial charge in [0.25, 0.3) is 0 Å². The van der Waals surface area contributed by atoms with Crippen molar-refractivity contribution < 1.29 is 9.50 Å². The molecule has 1 aliphatic heterocycles. The molecule has 4 rings (SSSR count). The Hall–Kier alpha value is -2.82. The molecular weight excluding hydrogens is 329 g/mol. The fourth-order valence-electron chi connectivity index (χ4n) is 3.52. The van der Waals surface area contributed by atoms with Crippen LogP contribution in [0.1, 0.15) is 31.2 Å². The van der Waals surface area contributed by atoms with Gasteiger partial charge in [-0.15, -0.1) is 0 Å². The van der Waals surface area contributed by atoms with Crippen LogP contribution in [0.25, 0.3) is 10.9 Å². The lowest BCUT2D eigenvalue weighted by atomic mass is 10.2. The van der Waals surface area contributed by atoms with Crippen molar-refractivity contribution in [2.24, 2.45) is 4.99 Å². The molecule has 3 aromatic rings. The number of hydrogen-bond acceptors (Lipinski definition) is 3. The van der Waals surface area contributed by atoms with Crippen molar-refractivity contribution in [3.8, 4) is 5.88 Å². The summed E-state index contributed by atoms with van der Waals surface area (Å²) in [5.41, 5.74) is 3.20. The monoisotopic (exact) mass is 351 g/mol. The van der Waals surface area contributed by atoms with Gasteiger partial charge in [-0.2, -0.15) is 0 Å². The predicted octanol–water partition coefficient (Wildman–Crippen LogP) is 5.14. The summed E-state index contributed by atoms with van der Waals surface area (Å²) < 4.78 is 13.5. The van der Waals surface area contributed by atoms with E-state index in [1.54, 1.807) is 12.3 Å². The average Bonchev–Trinajstić information content (AvgIpc) is 2.82. The van der Waals surface area contributed by atoms with E-state index in [2.05, 4.69) is 27.0 Å². The molecule has 4 nitrogen and oxygen atoms in total. The van der Waals surface area contributed by atoms with Crippen LogP contribution in [0.15, 0.2) is 47.5 Å². The van der Waals surface area contributed by atoms with E-state index >= 15 is 0 Å². The highest BCUT2D eigenvalue weighted by Crippen LogP contribution is 2.27. The van der Waals surface area contributed by atoms with Crippen LogP contribution >= 0.6 is 0 Å². The molecule has 0 unspecified atom stereocenters. The molecule has 0 amide bonds. The molecule has 0 saturated carbocycles. The summed E-state index contributed by atoms with van der Waals surface area (Å²) in [5, 5.41) is 10.7. The molecule has 1 aromatic heterocycles. The summed E-state index contributed by atoms with van der Waals surface area (Å²) in [4.78, 5) is 9.71. The van der Waals surface area contributed by atoms with E-state index < -0.39 is 0 Å². The van der Waals surface area contributed by atoms with E-state index in [-0.39, 0.29) is 11.7 Å². The fraction of sp³-hybridized carbons (Fsp3) is 0.286. The van der Waals surface area contributed by atoms with Gasteiger partial charge in [0.15, 0.2) is 5.88 Å². The first-order chi connectivity index (χ1) is 12.7. The Labute approximate surface area is 152 Å². The first-order valence-corrected chi connectivity index (χ1v) is 9.10. The second kappa shape index (κ2) is 7.20. The second-order valence-electron chi connectivity index (χ2n) is 6.75. The minimum Gasteiger partial charge on any atom is -0.494 e. The van der Waals surface area contributed by atoms with Crippen LogP contribution in [-0.4, -0.2) is 29.4 Å². The molecule has 26 heavy (non-hydrogen) atoms. The fourth-order valence-corrected chi connectivity index (χ4v) is 3.52. The van der Waals surface area contributed by atoms with E-state index in [4.69, 9.17) is 0 Å². The SMILES string of the molecule is Oc1[nH]c2ccc(F)cc2c1C=Nc1ccc(N2CCCCCC2)cc1. The molecule has 1 saturated heterocycles. The molecule has 0 radical (unpaired) electrons. The molecule has 0 atom stereocenters. The third-order valence-electron chi connectivity index (χ3n) is 4.94. The summed E-state index contributed by atoms with van der Waals surface area (Å²) >= 11 is 0. The molecule has 2 aromatic carbocycles. The van der Waals surface area contributed by atoms with Gasteiger partial charge < -0.3 is 15.0 Å². The maximum Gasteiger partial charge on any atom is 0.198 e. The van der Waals surface area contributed by atoms with Gasteiger partial charge in [-0.3, -0.25) is 4.99 Å². The highest BCUT2D eigenvalue weighted by Gasteiger charge is 2.11. The standard InChI is InChI=1S/C21H22FN3O/c22-15-5-10-20-18(13-15)19(21(26)24-20)14-23-16-6-8-17(9-7-16)25-11-3-1-2-4-12-25/h5-10,13-14,24,26H,1-4,11-12H2. The Morgan fingerprint density at radius 1 is 1.00 bits per heavy atom. The summed E-state index contributed by atoms with van der Waals surface area (Å²) in [6.45, 7) is 2.22. The second-order valence-corrected chi connectivity index (χ2v) is 6.75. The van der Waals surface area contributed by atoms with Crippen molar-refractivity contribution in [3.63, 3.8) is 0 Å². The predicted molar refractivity (Wildman–Crippen MR) is 104 cm³/mol. The normalized spacial score (nSPS) is 15.7. The lowest BCUT2D eigenvalue weighted by Crippen LogP contribution is -2.23. The van der Waals surface area contributed by atoms with Crippen molar-refractivity contribution >= 4 is 28.5 Å². The lowest BCUT2D eigenvalue weighted by Gasteiger charge is -2.22. The van der Waals surface area contributed by atoms with E-state index in [0.717, 1.165) is 18.8 Å². The number of fused-ring (bicyclic) bond motifs is 1. The molecule has 0 aliphatic carbocycles. The van der Waals surface area contributed by atoms with E-state index in [1.165, 1.54) is 43.5 Å². The number of aromatic amines is 1. The Balaban J connectivity index is 1.56. The van der Waals surface area contributed by atoms with Gasteiger partial charge in [0, 0.05) is 35.9 Å². The highest BCUT2D eigenvalue weighted by atomic mass is 19.1. The zero-order valence-corrected chi connectivity index (χ0v) is 14.6. The van der Waals surface area contributed by atoms with Crippen LogP contribution in [0.5, 0.6) is 5.88 Å². The van der Waals surface area contributed by atoms with Gasteiger partial charge in [0.1, 0.15) is 5.82 Å². The van der Waals surface area contributed by atoms with E-state index in [0.29, 0.717) is 16.5 Å². The third-order valence-corrected chi connectivity index (χ3v) is 4.94. The Kier molecular flexibility index (Phi) is 4.61. The first kappa shape index (κ1) is 16.6. The molecule has 1 aliphatic rings. The number of aliphatic imine (C=N–C) groups is 1. The van der Waals surface area contributed by atoms with Crippen LogP contribution in [-0.2, 0) is 0 Å². The van der Waals surface area contributed by atoms with Crippen LogP contribution in [0.3, 0.4) is 0 Å². The number of H-pyrrole nitrogens is 1. The van der Waals surface area contributed by atoms with Crippen LogP contribution in [0.2, 0.25) is 0 Å². The number of hydrogen-bond donors (Lipinski definition) is 2. The number of benzene rings is 2. The maximum absolute atomic E-state index is 13.5. The van der Waals surface area contributed by atoms with Crippen LogP contribution in [0.4, 0.5) is 15.8 Å². The minimum atomic E-state index is -0.340. The molecule has 2 heterocycles. The molecular formula is C21H22FN3O. The molecule has 0 spiro atoms. The van der Waals surface area contributed by atoms with E-state index in [9.17, 15) is 9.50 Å². The van der Waals surface area contributed by atoms with Crippen molar-refractivity contribution in [2.75, 3.05) is 18.0 Å². The summed E-state index contributed by atoms with van der Waals surface area (Å²) in [6.07, 6.45) is 6.70. The zero-order chi connectivity index (χ0) is 17.9. The summed E-state index contributed by atoms with van der Waals surface area (Å²) in [6, 6.07) is 12.5. The van der Waals surface area contributed by atoms with Gasteiger partial charge in [0.05, 0.1) is 11.3 Å².